The number of likely N-dealkylation sites (tertiary alicyclic amines) is 1. The average Bonchev–Trinajstić information content (AvgIpc) is 2.82. The van der Waals surface area contributed by atoms with Crippen molar-refractivity contribution in [3.8, 4) is 0 Å². The first kappa shape index (κ1) is 12.0. The lowest BCUT2D eigenvalue weighted by Crippen LogP contribution is -2.41. The van der Waals surface area contributed by atoms with Gasteiger partial charge in [0, 0.05) is 36.2 Å². The topological polar surface area (TPSA) is 27.6 Å². The van der Waals surface area contributed by atoms with Crippen LogP contribution in [-0.4, -0.2) is 30.2 Å². The summed E-state index contributed by atoms with van der Waals surface area (Å²) in [5, 5.41) is 5.30. The minimum Gasteiger partial charge on any atom is -0.302 e. The molecule has 1 aromatic rings. The molecule has 3 rings (SSSR count). The number of nitrogens with zero attached hydrogens (tertiary/aromatic N) is 2. The smallest absolute Gasteiger partial charge is 0.0782 e. The van der Waals surface area contributed by atoms with E-state index in [1.165, 1.54) is 11.3 Å². The van der Waals surface area contributed by atoms with Crippen molar-refractivity contribution in [2.75, 3.05) is 19.6 Å². The van der Waals surface area contributed by atoms with Gasteiger partial charge in [0.15, 0.2) is 0 Å². The maximum absolute atomic E-state index is 5.94. The van der Waals surface area contributed by atoms with Gasteiger partial charge in [0.25, 0.3) is 0 Å². The fourth-order valence-corrected chi connectivity index (χ4v) is 3.00. The monoisotopic (exact) mass is 263 g/mol. The lowest BCUT2D eigenvalue weighted by atomic mass is 9.86. The molecular formula is C14H18ClN3. The van der Waals surface area contributed by atoms with Crippen LogP contribution in [0.2, 0.25) is 5.02 Å². The molecular weight excluding hydrogens is 246 g/mol. The van der Waals surface area contributed by atoms with E-state index in [9.17, 15) is 0 Å². The fourth-order valence-electron chi connectivity index (χ4n) is 2.88. The Labute approximate surface area is 113 Å². The van der Waals surface area contributed by atoms with Crippen molar-refractivity contribution in [1.29, 1.82) is 0 Å². The molecule has 2 heterocycles. The molecule has 0 amide bonds. The van der Waals surface area contributed by atoms with Gasteiger partial charge in [0.05, 0.1) is 6.04 Å². The van der Waals surface area contributed by atoms with Crippen LogP contribution >= 0.6 is 11.6 Å². The molecule has 0 aliphatic carbocycles. The average molecular weight is 264 g/mol. The molecule has 0 bridgehead atoms. The summed E-state index contributed by atoms with van der Waals surface area (Å²) in [4.78, 5) is 2.50. The van der Waals surface area contributed by atoms with Gasteiger partial charge in [-0.25, -0.2) is 0 Å². The zero-order chi connectivity index (χ0) is 12.5. The van der Waals surface area contributed by atoms with E-state index in [1.807, 2.05) is 12.1 Å². The Morgan fingerprint density at radius 3 is 2.89 bits per heavy atom. The predicted molar refractivity (Wildman–Crippen MR) is 75.0 cm³/mol. The second-order valence-corrected chi connectivity index (χ2v) is 5.45. The Hall–Kier alpha value is -1.06. The quantitative estimate of drug-likeness (QED) is 0.888. The van der Waals surface area contributed by atoms with Gasteiger partial charge in [0.2, 0.25) is 0 Å². The van der Waals surface area contributed by atoms with Crippen LogP contribution in [0.25, 0.3) is 0 Å². The molecule has 2 atom stereocenters. The van der Waals surface area contributed by atoms with Crippen LogP contribution in [0.15, 0.2) is 29.4 Å². The lowest BCUT2D eigenvalue weighted by molar-refractivity contribution is 0.238. The molecule has 1 N–H and O–H groups in total. The van der Waals surface area contributed by atoms with Crippen molar-refractivity contribution in [1.82, 2.24) is 10.3 Å². The summed E-state index contributed by atoms with van der Waals surface area (Å²) >= 11 is 5.94. The van der Waals surface area contributed by atoms with Crippen molar-refractivity contribution < 1.29 is 0 Å². The van der Waals surface area contributed by atoms with E-state index in [0.29, 0.717) is 12.0 Å². The van der Waals surface area contributed by atoms with Gasteiger partial charge in [-0.3, -0.25) is 0 Å². The van der Waals surface area contributed by atoms with Gasteiger partial charge in [0.1, 0.15) is 0 Å². The molecule has 18 heavy (non-hydrogen) atoms. The zero-order valence-corrected chi connectivity index (χ0v) is 11.3. The SMILES string of the molecule is CCN1CCC2=NNC(c3ccc(Cl)cc3)C2C1. The van der Waals surface area contributed by atoms with E-state index in [1.54, 1.807) is 0 Å². The molecule has 4 heteroatoms. The van der Waals surface area contributed by atoms with E-state index in [4.69, 9.17) is 11.6 Å². The highest BCUT2D eigenvalue weighted by molar-refractivity contribution is 6.30. The highest BCUT2D eigenvalue weighted by atomic mass is 35.5. The molecule has 0 spiro atoms. The van der Waals surface area contributed by atoms with Crippen LogP contribution in [0, 0.1) is 5.92 Å². The third-order valence-electron chi connectivity index (χ3n) is 3.99. The van der Waals surface area contributed by atoms with Gasteiger partial charge in [-0.15, -0.1) is 0 Å². The summed E-state index contributed by atoms with van der Waals surface area (Å²) in [6, 6.07) is 8.42. The summed E-state index contributed by atoms with van der Waals surface area (Å²) in [7, 11) is 0. The number of hydrogen-bond acceptors (Lipinski definition) is 3. The highest BCUT2D eigenvalue weighted by Gasteiger charge is 2.36. The number of fused-ring (bicyclic) bond motifs is 1. The van der Waals surface area contributed by atoms with Gasteiger partial charge in [-0.05, 0) is 24.2 Å². The number of hydrogen-bond donors (Lipinski definition) is 1. The molecule has 96 valence electrons. The van der Waals surface area contributed by atoms with Crippen LogP contribution in [0.4, 0.5) is 0 Å². The predicted octanol–water partition coefficient (Wildman–Crippen LogP) is 2.68. The Morgan fingerprint density at radius 1 is 1.39 bits per heavy atom. The van der Waals surface area contributed by atoms with Crippen LogP contribution in [-0.2, 0) is 0 Å². The van der Waals surface area contributed by atoms with Crippen molar-refractivity contribution in [3.63, 3.8) is 0 Å². The van der Waals surface area contributed by atoms with Gasteiger partial charge < -0.3 is 10.3 Å². The minimum absolute atomic E-state index is 0.312. The molecule has 3 nitrogen and oxygen atoms in total. The van der Waals surface area contributed by atoms with E-state index >= 15 is 0 Å². The molecule has 0 saturated carbocycles. The van der Waals surface area contributed by atoms with Crippen LogP contribution < -0.4 is 5.43 Å². The highest BCUT2D eigenvalue weighted by Crippen LogP contribution is 2.32. The van der Waals surface area contributed by atoms with E-state index in [-0.39, 0.29) is 0 Å². The molecule has 2 aliphatic rings. The molecule has 0 aromatic heterocycles. The first-order valence-electron chi connectivity index (χ1n) is 6.57. The maximum Gasteiger partial charge on any atom is 0.0782 e. The molecule has 2 unspecified atom stereocenters. The van der Waals surface area contributed by atoms with Crippen LogP contribution in [0.5, 0.6) is 0 Å². The van der Waals surface area contributed by atoms with E-state index < -0.39 is 0 Å². The van der Waals surface area contributed by atoms with Crippen molar-refractivity contribution >= 4 is 17.3 Å². The zero-order valence-electron chi connectivity index (χ0n) is 10.6. The Balaban J connectivity index is 1.80. The number of halogens is 1. The lowest BCUT2D eigenvalue weighted by Gasteiger charge is -2.32. The van der Waals surface area contributed by atoms with Gasteiger partial charge in [-0.2, -0.15) is 5.10 Å². The minimum atomic E-state index is 0.312. The third kappa shape index (κ3) is 2.13. The summed E-state index contributed by atoms with van der Waals surface area (Å²) in [5.74, 6) is 0.514. The fraction of sp³-hybridized carbons (Fsp3) is 0.500. The Morgan fingerprint density at radius 2 is 2.17 bits per heavy atom. The number of nitrogens with one attached hydrogen (secondary N) is 1. The van der Waals surface area contributed by atoms with Crippen LogP contribution in [0.3, 0.4) is 0 Å². The second-order valence-electron chi connectivity index (χ2n) is 5.01. The molecule has 1 saturated heterocycles. The number of rotatable bonds is 2. The Bertz CT molecular complexity index is 455. The van der Waals surface area contributed by atoms with E-state index in [2.05, 4.69) is 34.5 Å². The first-order valence-corrected chi connectivity index (χ1v) is 6.95. The van der Waals surface area contributed by atoms with Crippen molar-refractivity contribution in [3.05, 3.63) is 34.9 Å². The Kier molecular flexibility index (Phi) is 3.27. The molecule has 1 fully saturated rings. The molecule has 1 aromatic carbocycles. The number of hydrazone groups is 1. The summed E-state index contributed by atoms with van der Waals surface area (Å²) in [6.45, 7) is 5.59. The van der Waals surface area contributed by atoms with E-state index in [0.717, 1.165) is 31.1 Å². The summed E-state index contributed by atoms with van der Waals surface area (Å²) in [6.07, 6.45) is 1.09. The first-order chi connectivity index (χ1) is 8.78. The van der Waals surface area contributed by atoms with Crippen molar-refractivity contribution in [2.45, 2.75) is 19.4 Å². The maximum atomic E-state index is 5.94. The standard InChI is InChI=1S/C14H18ClN3/c1-2-18-8-7-13-12(9-18)14(17-16-13)10-3-5-11(15)6-4-10/h3-6,12,14,17H,2,7-9H2,1H3. The summed E-state index contributed by atoms with van der Waals surface area (Å²) < 4.78 is 0. The normalized spacial score (nSPS) is 27.6. The number of piperidine rings is 1. The molecule has 2 aliphatic heterocycles. The molecule has 0 radical (unpaired) electrons. The van der Waals surface area contributed by atoms with Gasteiger partial charge >= 0.3 is 0 Å². The van der Waals surface area contributed by atoms with Crippen LogP contribution in [0.1, 0.15) is 24.9 Å². The van der Waals surface area contributed by atoms with Gasteiger partial charge in [-0.1, -0.05) is 30.7 Å². The second kappa shape index (κ2) is 4.90. The van der Waals surface area contributed by atoms with Crippen molar-refractivity contribution in [2.24, 2.45) is 11.0 Å². The third-order valence-corrected chi connectivity index (χ3v) is 4.25. The summed E-state index contributed by atoms with van der Waals surface area (Å²) in [5.41, 5.74) is 5.91. The largest absolute Gasteiger partial charge is 0.302 e. The number of benzene rings is 1.